The van der Waals surface area contributed by atoms with Gasteiger partial charge in [-0.3, -0.25) is 4.79 Å². The maximum Gasteiger partial charge on any atom is 0.375 e. The molecule has 33 heavy (non-hydrogen) atoms. The van der Waals surface area contributed by atoms with E-state index in [1.165, 1.54) is 20.5 Å². The topological polar surface area (TPSA) is 113 Å². The van der Waals surface area contributed by atoms with Crippen molar-refractivity contribution in [3.8, 4) is 22.6 Å². The van der Waals surface area contributed by atoms with Crippen molar-refractivity contribution in [2.24, 2.45) is 0 Å². The molecule has 0 aliphatic heterocycles. The highest BCUT2D eigenvalue weighted by Crippen LogP contribution is 2.39. The van der Waals surface area contributed by atoms with E-state index in [9.17, 15) is 14.4 Å². The zero-order valence-corrected chi connectivity index (χ0v) is 19.4. The molecule has 1 amide bonds. The number of nitrogens with one attached hydrogen (secondary N) is 1. The Kier molecular flexibility index (Phi) is 7.73. The van der Waals surface area contributed by atoms with E-state index in [-0.39, 0.29) is 22.9 Å². The number of amides is 1. The largest absolute Gasteiger partial charge is 0.493 e. The van der Waals surface area contributed by atoms with Gasteiger partial charge < -0.3 is 28.7 Å². The van der Waals surface area contributed by atoms with Gasteiger partial charge in [0, 0.05) is 16.5 Å². The summed E-state index contributed by atoms with van der Waals surface area (Å²) in [4.78, 5) is 37.2. The van der Waals surface area contributed by atoms with Crippen LogP contribution in [0.4, 0.5) is 5.00 Å². The minimum absolute atomic E-state index is 0.0295. The van der Waals surface area contributed by atoms with Crippen LogP contribution in [0.25, 0.3) is 11.1 Å². The van der Waals surface area contributed by atoms with Gasteiger partial charge in [-0.25, -0.2) is 9.59 Å². The number of esters is 2. The third kappa shape index (κ3) is 5.35. The van der Waals surface area contributed by atoms with E-state index in [1.54, 1.807) is 43.5 Å². The molecule has 0 aliphatic rings. The van der Waals surface area contributed by atoms with Crippen molar-refractivity contribution >= 4 is 34.2 Å². The van der Waals surface area contributed by atoms with Crippen molar-refractivity contribution in [1.82, 2.24) is 0 Å². The Morgan fingerprint density at radius 2 is 1.79 bits per heavy atom. The summed E-state index contributed by atoms with van der Waals surface area (Å²) < 4.78 is 25.9. The van der Waals surface area contributed by atoms with Gasteiger partial charge in [-0.05, 0) is 37.6 Å². The van der Waals surface area contributed by atoms with Crippen LogP contribution in [0.2, 0.25) is 0 Å². The first-order valence-corrected chi connectivity index (χ1v) is 10.8. The van der Waals surface area contributed by atoms with Gasteiger partial charge in [-0.1, -0.05) is 6.07 Å². The number of ether oxygens (including phenoxy) is 4. The summed E-state index contributed by atoms with van der Waals surface area (Å²) in [5.74, 6) is -0.906. The monoisotopic (exact) mass is 473 g/mol. The molecular weight excluding hydrogens is 450 g/mol. The summed E-state index contributed by atoms with van der Waals surface area (Å²) in [5, 5.41) is 4.62. The molecule has 9 nitrogen and oxygen atoms in total. The lowest BCUT2D eigenvalue weighted by Crippen LogP contribution is -2.21. The lowest BCUT2D eigenvalue weighted by molar-refractivity contribution is -0.119. The number of methoxy groups -OCH3 is 2. The predicted octanol–water partition coefficient (Wildman–Crippen LogP) is 4.31. The Hall–Kier alpha value is -3.79. The van der Waals surface area contributed by atoms with Gasteiger partial charge in [0.25, 0.3) is 5.91 Å². The number of thiophene rings is 1. The molecule has 174 valence electrons. The van der Waals surface area contributed by atoms with Crippen molar-refractivity contribution in [1.29, 1.82) is 0 Å². The number of hydrogen-bond acceptors (Lipinski definition) is 9. The third-order valence-corrected chi connectivity index (χ3v) is 5.50. The van der Waals surface area contributed by atoms with Crippen LogP contribution in [0.5, 0.6) is 11.5 Å². The highest BCUT2D eigenvalue weighted by molar-refractivity contribution is 7.15. The second-order valence-electron chi connectivity index (χ2n) is 6.70. The average Bonchev–Trinajstić information content (AvgIpc) is 3.43. The predicted molar refractivity (Wildman–Crippen MR) is 121 cm³/mol. The molecule has 1 N–H and O–H groups in total. The number of benzene rings is 1. The molecular formula is C23H23NO8S. The van der Waals surface area contributed by atoms with Gasteiger partial charge in [0.2, 0.25) is 5.76 Å². The molecule has 0 atom stereocenters. The summed E-state index contributed by atoms with van der Waals surface area (Å²) in [6, 6.07) is 6.83. The van der Waals surface area contributed by atoms with Crippen molar-refractivity contribution in [2.45, 2.75) is 13.8 Å². The highest BCUT2D eigenvalue weighted by Gasteiger charge is 2.24. The van der Waals surface area contributed by atoms with E-state index in [1.807, 2.05) is 0 Å². The summed E-state index contributed by atoms with van der Waals surface area (Å²) in [5.41, 5.74) is 2.02. The van der Waals surface area contributed by atoms with Crippen molar-refractivity contribution in [2.75, 3.05) is 32.8 Å². The van der Waals surface area contributed by atoms with Crippen molar-refractivity contribution < 1.29 is 37.7 Å². The SMILES string of the molecule is CCOC(=O)c1c(-c2ccc(OC)c(OC)c2)csc1NC(=O)COC(=O)c1occc1C. The van der Waals surface area contributed by atoms with Crippen LogP contribution in [0.15, 0.2) is 40.3 Å². The van der Waals surface area contributed by atoms with Crippen LogP contribution >= 0.6 is 11.3 Å². The molecule has 10 heteroatoms. The number of rotatable bonds is 9. The van der Waals surface area contributed by atoms with Gasteiger partial charge in [0.05, 0.1) is 27.1 Å². The fraction of sp³-hybridized carbons (Fsp3) is 0.261. The van der Waals surface area contributed by atoms with Crippen molar-refractivity contribution in [3.63, 3.8) is 0 Å². The van der Waals surface area contributed by atoms with Gasteiger partial charge in [0.1, 0.15) is 10.6 Å². The van der Waals surface area contributed by atoms with Gasteiger partial charge in [-0.2, -0.15) is 0 Å². The number of carbonyl (C=O) groups is 3. The van der Waals surface area contributed by atoms with E-state index in [4.69, 9.17) is 23.4 Å². The summed E-state index contributed by atoms with van der Waals surface area (Å²) in [6.45, 7) is 2.99. The van der Waals surface area contributed by atoms with E-state index in [0.29, 0.717) is 28.2 Å². The third-order valence-electron chi connectivity index (χ3n) is 4.60. The maximum absolute atomic E-state index is 12.7. The van der Waals surface area contributed by atoms with E-state index >= 15 is 0 Å². The fourth-order valence-corrected chi connectivity index (χ4v) is 3.99. The minimum atomic E-state index is -0.754. The summed E-state index contributed by atoms with van der Waals surface area (Å²) in [7, 11) is 3.04. The van der Waals surface area contributed by atoms with Crippen LogP contribution in [0, 0.1) is 6.92 Å². The van der Waals surface area contributed by atoms with Gasteiger partial charge >= 0.3 is 11.9 Å². The molecule has 3 rings (SSSR count). The summed E-state index contributed by atoms with van der Waals surface area (Å²) >= 11 is 1.15. The number of carbonyl (C=O) groups excluding carboxylic acids is 3. The normalized spacial score (nSPS) is 10.4. The Morgan fingerprint density at radius 1 is 1.03 bits per heavy atom. The molecule has 0 aliphatic carbocycles. The van der Waals surface area contributed by atoms with E-state index < -0.39 is 24.5 Å². The first-order valence-electron chi connectivity index (χ1n) is 9.91. The Balaban J connectivity index is 1.83. The lowest BCUT2D eigenvalue weighted by atomic mass is 10.0. The molecule has 0 bridgehead atoms. The van der Waals surface area contributed by atoms with Crippen LogP contribution in [0.1, 0.15) is 33.4 Å². The molecule has 1 aromatic carbocycles. The van der Waals surface area contributed by atoms with Gasteiger partial charge in [0.15, 0.2) is 18.1 Å². The number of anilines is 1. The molecule has 3 aromatic rings. The van der Waals surface area contributed by atoms with Crippen molar-refractivity contribution in [3.05, 3.63) is 52.8 Å². The average molecular weight is 474 g/mol. The second kappa shape index (κ2) is 10.7. The van der Waals surface area contributed by atoms with Crippen LogP contribution < -0.4 is 14.8 Å². The van der Waals surface area contributed by atoms with Crippen LogP contribution in [-0.4, -0.2) is 45.3 Å². The maximum atomic E-state index is 12.7. The van der Waals surface area contributed by atoms with E-state index in [0.717, 1.165) is 11.3 Å². The van der Waals surface area contributed by atoms with Gasteiger partial charge in [-0.15, -0.1) is 11.3 Å². The first kappa shape index (κ1) is 23.9. The smallest absolute Gasteiger partial charge is 0.375 e. The quantitative estimate of drug-likeness (QED) is 0.458. The number of aryl methyl sites for hydroxylation is 1. The minimum Gasteiger partial charge on any atom is -0.493 e. The molecule has 2 aromatic heterocycles. The molecule has 0 saturated carbocycles. The zero-order valence-electron chi connectivity index (χ0n) is 18.6. The Bertz CT molecular complexity index is 1160. The highest BCUT2D eigenvalue weighted by atomic mass is 32.1. The second-order valence-corrected chi connectivity index (χ2v) is 7.58. The molecule has 2 heterocycles. The fourth-order valence-electron chi connectivity index (χ4n) is 3.01. The number of hydrogen-bond donors (Lipinski definition) is 1. The summed E-state index contributed by atoms with van der Waals surface area (Å²) in [6.07, 6.45) is 1.36. The molecule has 0 spiro atoms. The molecule has 0 saturated heterocycles. The Labute approximate surface area is 194 Å². The number of furan rings is 1. The first-order chi connectivity index (χ1) is 15.9. The zero-order chi connectivity index (χ0) is 24.0. The Morgan fingerprint density at radius 3 is 2.42 bits per heavy atom. The van der Waals surface area contributed by atoms with Crippen LogP contribution in [-0.2, 0) is 14.3 Å². The van der Waals surface area contributed by atoms with Crippen LogP contribution in [0.3, 0.4) is 0 Å². The molecule has 0 fully saturated rings. The lowest BCUT2D eigenvalue weighted by Gasteiger charge is -2.11. The standard InChI is InChI=1S/C23H23NO8S/c1-5-30-22(26)19-15(14-6-7-16(28-3)17(10-14)29-4)12-33-21(19)24-18(25)11-32-23(27)20-13(2)8-9-31-20/h6-10,12H,5,11H2,1-4H3,(H,24,25). The molecule has 0 radical (unpaired) electrons. The molecule has 0 unspecified atom stereocenters. The van der Waals surface area contributed by atoms with E-state index in [2.05, 4.69) is 5.32 Å².